The molecular formula is C21H24BrN3O4. The number of alkyl carbamates (subject to hydrolysis) is 1. The monoisotopic (exact) mass is 461 g/mol. The Hall–Kier alpha value is -2.87. The van der Waals surface area contributed by atoms with Gasteiger partial charge in [-0.1, -0.05) is 76.6 Å². The van der Waals surface area contributed by atoms with Gasteiger partial charge in [-0.2, -0.15) is 0 Å². The minimum Gasteiger partial charge on any atom is -0.445 e. The molecule has 0 aliphatic heterocycles. The van der Waals surface area contributed by atoms with Crippen LogP contribution in [0.4, 0.5) is 4.79 Å². The molecule has 7 nitrogen and oxygen atoms in total. The highest BCUT2D eigenvalue weighted by Crippen LogP contribution is 2.05. The molecule has 29 heavy (non-hydrogen) atoms. The van der Waals surface area contributed by atoms with Gasteiger partial charge in [0.25, 0.3) is 0 Å². The molecule has 0 spiro atoms. The molecule has 3 N–H and O–H groups in total. The van der Waals surface area contributed by atoms with E-state index in [0.29, 0.717) is 0 Å². The second kappa shape index (κ2) is 11.9. The molecule has 0 fully saturated rings. The minimum absolute atomic E-state index is 0.101. The summed E-state index contributed by atoms with van der Waals surface area (Å²) in [4.78, 5) is 36.4. The lowest BCUT2D eigenvalue weighted by molar-refractivity contribution is -0.124. The van der Waals surface area contributed by atoms with Crippen LogP contribution in [0, 0.1) is 0 Å². The molecular weight excluding hydrogens is 438 g/mol. The first-order valence-electron chi connectivity index (χ1n) is 9.14. The van der Waals surface area contributed by atoms with Crippen molar-refractivity contribution in [1.82, 2.24) is 16.0 Å². The Labute approximate surface area is 178 Å². The number of halogens is 1. The van der Waals surface area contributed by atoms with Crippen LogP contribution in [0.25, 0.3) is 0 Å². The molecule has 0 heterocycles. The number of alkyl halides is 1. The summed E-state index contributed by atoms with van der Waals surface area (Å²) in [6.07, 6.45) is -0.998. The number of hydrogen-bond donors (Lipinski definition) is 3. The number of hydrogen-bond acceptors (Lipinski definition) is 4. The van der Waals surface area contributed by atoms with Gasteiger partial charge in [0.1, 0.15) is 12.6 Å². The van der Waals surface area contributed by atoms with E-state index in [4.69, 9.17) is 4.74 Å². The van der Waals surface area contributed by atoms with Crippen LogP contribution >= 0.6 is 15.9 Å². The summed E-state index contributed by atoms with van der Waals surface area (Å²) < 4.78 is 5.23. The number of amides is 3. The standard InChI is InChI=1S/C21H24BrN3O4/c1-15(23-19(26)13-22)24-20(27)18(12-16-8-4-2-5-9-16)25-21(28)29-14-17-10-6-3-7-11-17/h2-11,15,18H,12-14H2,1H3,(H,23,26)(H,24,27)(H,25,28)/t15-,18-/m0/s1. The summed E-state index contributed by atoms with van der Waals surface area (Å²) >= 11 is 3.05. The highest BCUT2D eigenvalue weighted by Gasteiger charge is 2.23. The molecule has 0 aliphatic rings. The summed E-state index contributed by atoms with van der Waals surface area (Å²) in [6, 6.07) is 17.7. The maximum atomic E-state index is 12.7. The Morgan fingerprint density at radius 1 is 0.897 bits per heavy atom. The highest BCUT2D eigenvalue weighted by molar-refractivity contribution is 9.09. The van der Waals surface area contributed by atoms with Crippen molar-refractivity contribution in [1.29, 1.82) is 0 Å². The SMILES string of the molecule is C[C@@H](NC(=O)CBr)NC(=O)[C@H](Cc1ccccc1)NC(=O)OCc1ccccc1. The van der Waals surface area contributed by atoms with Crippen LogP contribution in [0.3, 0.4) is 0 Å². The van der Waals surface area contributed by atoms with Crippen molar-refractivity contribution in [3.63, 3.8) is 0 Å². The average molecular weight is 462 g/mol. The Balaban J connectivity index is 1.98. The summed E-state index contributed by atoms with van der Waals surface area (Å²) in [5.41, 5.74) is 1.73. The van der Waals surface area contributed by atoms with Crippen LogP contribution in [-0.4, -0.2) is 35.4 Å². The second-order valence-corrected chi connectivity index (χ2v) is 6.94. The van der Waals surface area contributed by atoms with Gasteiger partial charge in [-0.3, -0.25) is 9.59 Å². The summed E-state index contributed by atoms with van der Waals surface area (Å²) in [5, 5.41) is 8.04. The zero-order valence-electron chi connectivity index (χ0n) is 16.1. The largest absolute Gasteiger partial charge is 0.445 e. The van der Waals surface area contributed by atoms with E-state index in [1.165, 1.54) is 0 Å². The Morgan fingerprint density at radius 2 is 1.48 bits per heavy atom. The summed E-state index contributed by atoms with van der Waals surface area (Å²) in [6.45, 7) is 1.75. The van der Waals surface area contributed by atoms with Gasteiger partial charge in [-0.25, -0.2) is 4.79 Å². The number of carbonyl (C=O) groups excluding carboxylic acids is 3. The third-order valence-electron chi connectivity index (χ3n) is 3.96. The van der Waals surface area contributed by atoms with E-state index in [9.17, 15) is 14.4 Å². The minimum atomic E-state index is -0.857. The van der Waals surface area contributed by atoms with Crippen molar-refractivity contribution in [2.24, 2.45) is 0 Å². The summed E-state index contributed by atoms with van der Waals surface area (Å²) in [7, 11) is 0. The topological polar surface area (TPSA) is 96.5 Å². The van der Waals surface area contributed by atoms with Crippen LogP contribution in [-0.2, 0) is 27.4 Å². The lowest BCUT2D eigenvalue weighted by Gasteiger charge is -2.22. The van der Waals surface area contributed by atoms with E-state index in [2.05, 4.69) is 31.9 Å². The average Bonchev–Trinajstić information content (AvgIpc) is 2.73. The molecule has 2 aromatic rings. The second-order valence-electron chi connectivity index (χ2n) is 6.38. The molecule has 2 rings (SSSR count). The maximum Gasteiger partial charge on any atom is 0.408 e. The first-order chi connectivity index (χ1) is 14.0. The Kier molecular flexibility index (Phi) is 9.17. The Bertz CT molecular complexity index is 802. The number of carbonyl (C=O) groups is 3. The molecule has 0 aromatic heterocycles. The molecule has 0 saturated carbocycles. The van der Waals surface area contributed by atoms with Crippen molar-refractivity contribution in [3.05, 3.63) is 71.8 Å². The van der Waals surface area contributed by atoms with Gasteiger partial charge in [0.05, 0.1) is 11.5 Å². The third kappa shape index (κ3) is 8.35. The van der Waals surface area contributed by atoms with Crippen LogP contribution < -0.4 is 16.0 Å². The van der Waals surface area contributed by atoms with Gasteiger partial charge in [0.2, 0.25) is 11.8 Å². The van der Waals surface area contributed by atoms with E-state index in [-0.39, 0.29) is 24.3 Å². The fraction of sp³-hybridized carbons (Fsp3) is 0.286. The zero-order chi connectivity index (χ0) is 21.1. The van der Waals surface area contributed by atoms with E-state index < -0.39 is 24.2 Å². The van der Waals surface area contributed by atoms with Crippen molar-refractivity contribution < 1.29 is 19.1 Å². The number of rotatable bonds is 9. The van der Waals surface area contributed by atoms with Crippen molar-refractivity contribution in [2.45, 2.75) is 32.2 Å². The third-order valence-corrected chi connectivity index (χ3v) is 4.47. The lowest BCUT2D eigenvalue weighted by Crippen LogP contribution is -2.54. The normalized spacial score (nSPS) is 12.3. The quantitative estimate of drug-likeness (QED) is 0.394. The fourth-order valence-corrected chi connectivity index (χ4v) is 2.76. The van der Waals surface area contributed by atoms with Crippen molar-refractivity contribution >= 4 is 33.8 Å². The van der Waals surface area contributed by atoms with E-state index in [1.54, 1.807) is 6.92 Å². The Morgan fingerprint density at radius 3 is 2.07 bits per heavy atom. The van der Waals surface area contributed by atoms with E-state index in [0.717, 1.165) is 11.1 Å². The van der Waals surface area contributed by atoms with Gasteiger partial charge in [0, 0.05) is 6.42 Å². The molecule has 0 bridgehead atoms. The van der Waals surface area contributed by atoms with Gasteiger partial charge in [-0.05, 0) is 18.1 Å². The molecule has 2 aromatic carbocycles. The van der Waals surface area contributed by atoms with E-state index in [1.807, 2.05) is 60.7 Å². The molecule has 8 heteroatoms. The van der Waals surface area contributed by atoms with Gasteiger partial charge in [-0.15, -0.1) is 0 Å². The van der Waals surface area contributed by atoms with E-state index >= 15 is 0 Å². The first-order valence-corrected chi connectivity index (χ1v) is 10.3. The van der Waals surface area contributed by atoms with Crippen LogP contribution in [0.15, 0.2) is 60.7 Å². The smallest absolute Gasteiger partial charge is 0.408 e. The first kappa shape index (κ1) is 22.4. The number of benzene rings is 2. The molecule has 0 unspecified atom stereocenters. The van der Waals surface area contributed by atoms with Gasteiger partial charge in [0.15, 0.2) is 0 Å². The van der Waals surface area contributed by atoms with Crippen molar-refractivity contribution in [2.75, 3.05) is 5.33 Å². The lowest BCUT2D eigenvalue weighted by atomic mass is 10.1. The molecule has 0 radical (unpaired) electrons. The predicted octanol–water partition coefficient (Wildman–Crippen LogP) is 2.50. The zero-order valence-corrected chi connectivity index (χ0v) is 17.6. The highest BCUT2D eigenvalue weighted by atomic mass is 79.9. The van der Waals surface area contributed by atoms with Crippen molar-refractivity contribution in [3.8, 4) is 0 Å². The number of ether oxygens (including phenoxy) is 1. The van der Waals surface area contributed by atoms with Crippen LogP contribution in [0.1, 0.15) is 18.1 Å². The van der Waals surface area contributed by atoms with Crippen LogP contribution in [0.5, 0.6) is 0 Å². The fourth-order valence-electron chi connectivity index (χ4n) is 2.60. The summed E-state index contributed by atoms with van der Waals surface area (Å²) in [5.74, 6) is -0.680. The predicted molar refractivity (Wildman–Crippen MR) is 113 cm³/mol. The number of nitrogens with one attached hydrogen (secondary N) is 3. The van der Waals surface area contributed by atoms with Gasteiger partial charge < -0.3 is 20.7 Å². The van der Waals surface area contributed by atoms with Gasteiger partial charge >= 0.3 is 6.09 Å². The molecule has 0 saturated heterocycles. The molecule has 154 valence electrons. The molecule has 3 amide bonds. The van der Waals surface area contributed by atoms with Crippen LogP contribution in [0.2, 0.25) is 0 Å². The molecule has 0 aliphatic carbocycles. The maximum absolute atomic E-state index is 12.7. The molecule has 2 atom stereocenters.